The topological polar surface area (TPSA) is 57.2 Å². The summed E-state index contributed by atoms with van der Waals surface area (Å²) in [6, 6.07) is 24.6. The SMILES string of the molecule is [B][C@H]1O[C@H](OC(c2ccccc2)(c2ccc(OC)cc2)c2ccc(OC)cc2)C(O)C1C. The van der Waals surface area contributed by atoms with Crippen molar-refractivity contribution >= 4 is 7.85 Å². The van der Waals surface area contributed by atoms with Crippen LogP contribution < -0.4 is 9.47 Å². The van der Waals surface area contributed by atoms with Crippen LogP contribution in [0.1, 0.15) is 23.6 Å². The lowest BCUT2D eigenvalue weighted by atomic mass is 9.79. The number of ether oxygens (including phenoxy) is 4. The third kappa shape index (κ3) is 4.02. The molecule has 1 heterocycles. The molecule has 0 aliphatic carbocycles. The van der Waals surface area contributed by atoms with Crippen molar-refractivity contribution in [1.29, 1.82) is 0 Å². The van der Waals surface area contributed by atoms with Gasteiger partial charge in [-0.05, 0) is 41.0 Å². The molecule has 1 N–H and O–H groups in total. The smallest absolute Gasteiger partial charge is 0.185 e. The number of rotatable bonds is 7. The summed E-state index contributed by atoms with van der Waals surface area (Å²) in [6.07, 6.45) is -1.78. The molecule has 1 saturated heterocycles. The fourth-order valence-electron chi connectivity index (χ4n) is 4.10. The molecule has 3 aromatic rings. The molecule has 3 aromatic carbocycles. The molecule has 1 aliphatic rings. The van der Waals surface area contributed by atoms with Crippen molar-refractivity contribution in [3.8, 4) is 11.5 Å². The second-order valence-corrected chi connectivity index (χ2v) is 7.94. The third-order valence-electron chi connectivity index (χ3n) is 6.09. The highest BCUT2D eigenvalue weighted by Crippen LogP contribution is 2.44. The fourth-order valence-corrected chi connectivity index (χ4v) is 4.10. The number of benzene rings is 3. The summed E-state index contributed by atoms with van der Waals surface area (Å²) in [4.78, 5) is 0. The van der Waals surface area contributed by atoms with Gasteiger partial charge in [0.2, 0.25) is 0 Å². The van der Waals surface area contributed by atoms with Gasteiger partial charge in [-0.1, -0.05) is 61.5 Å². The van der Waals surface area contributed by atoms with Gasteiger partial charge in [0, 0.05) is 11.9 Å². The minimum Gasteiger partial charge on any atom is -0.497 e. The van der Waals surface area contributed by atoms with Crippen LogP contribution in [-0.2, 0) is 15.1 Å². The predicted molar refractivity (Wildman–Crippen MR) is 123 cm³/mol. The van der Waals surface area contributed by atoms with Gasteiger partial charge in [-0.3, -0.25) is 0 Å². The number of aliphatic hydroxyl groups is 1. The lowest BCUT2D eigenvalue weighted by Gasteiger charge is -2.38. The van der Waals surface area contributed by atoms with E-state index in [0.717, 1.165) is 28.2 Å². The monoisotopic (exact) mass is 430 g/mol. The summed E-state index contributed by atoms with van der Waals surface area (Å²) in [6.45, 7) is 1.85. The first kappa shape index (κ1) is 22.4. The molecular weight excluding hydrogens is 403 g/mol. The second kappa shape index (κ2) is 9.37. The molecule has 1 aliphatic heterocycles. The molecule has 164 valence electrons. The Balaban J connectivity index is 1.92. The van der Waals surface area contributed by atoms with Crippen molar-refractivity contribution in [3.05, 3.63) is 95.6 Å². The zero-order valence-corrected chi connectivity index (χ0v) is 18.5. The first-order chi connectivity index (χ1) is 15.5. The van der Waals surface area contributed by atoms with Crippen molar-refractivity contribution in [2.24, 2.45) is 5.92 Å². The zero-order chi connectivity index (χ0) is 22.7. The van der Waals surface area contributed by atoms with Gasteiger partial charge >= 0.3 is 0 Å². The standard InChI is InChI=1S/C26H27BO5/c1-17-23(28)25(31-24(17)27)32-26(18-7-5-4-6-8-18,19-9-13-21(29-2)14-10-19)20-11-15-22(30-3)16-12-20/h4-17,23-25,28H,1-3H3/t17?,23?,24-,25+/m0/s1. The van der Waals surface area contributed by atoms with Gasteiger partial charge in [0.25, 0.3) is 0 Å². The van der Waals surface area contributed by atoms with E-state index in [9.17, 15) is 5.11 Å². The first-order valence-electron chi connectivity index (χ1n) is 10.6. The normalized spacial score (nSPS) is 23.1. The molecular formula is C26H27BO5. The van der Waals surface area contributed by atoms with Gasteiger partial charge in [0.05, 0.1) is 14.2 Å². The van der Waals surface area contributed by atoms with E-state index >= 15 is 0 Å². The van der Waals surface area contributed by atoms with Crippen LogP contribution in [0.3, 0.4) is 0 Å². The molecule has 0 aromatic heterocycles. The highest BCUT2D eigenvalue weighted by molar-refractivity contribution is 6.11. The summed E-state index contributed by atoms with van der Waals surface area (Å²) in [7, 11) is 9.33. The highest BCUT2D eigenvalue weighted by Gasteiger charge is 2.47. The molecule has 32 heavy (non-hydrogen) atoms. The Morgan fingerprint density at radius 2 is 1.25 bits per heavy atom. The number of hydrogen-bond acceptors (Lipinski definition) is 5. The minimum absolute atomic E-state index is 0.264. The van der Waals surface area contributed by atoms with Gasteiger partial charge in [-0.25, -0.2) is 0 Å². The molecule has 0 saturated carbocycles. The number of hydrogen-bond donors (Lipinski definition) is 1. The minimum atomic E-state index is -1.07. The van der Waals surface area contributed by atoms with Gasteiger partial charge in [-0.15, -0.1) is 0 Å². The van der Waals surface area contributed by atoms with E-state index in [4.69, 9.17) is 26.8 Å². The van der Waals surface area contributed by atoms with E-state index in [1.54, 1.807) is 14.2 Å². The summed E-state index contributed by atoms with van der Waals surface area (Å²) in [5.41, 5.74) is 1.53. The van der Waals surface area contributed by atoms with Gasteiger partial charge < -0.3 is 24.1 Å². The predicted octanol–water partition coefficient (Wildman–Crippen LogP) is 3.86. The second-order valence-electron chi connectivity index (χ2n) is 7.94. The third-order valence-corrected chi connectivity index (χ3v) is 6.09. The van der Waals surface area contributed by atoms with Crippen LogP contribution in [0.15, 0.2) is 78.9 Å². The molecule has 6 heteroatoms. The fraction of sp³-hybridized carbons (Fsp3) is 0.308. The van der Waals surface area contributed by atoms with Crippen LogP contribution in [0.5, 0.6) is 11.5 Å². The first-order valence-corrected chi connectivity index (χ1v) is 10.6. The molecule has 0 amide bonds. The lowest BCUT2D eigenvalue weighted by Crippen LogP contribution is -2.41. The Morgan fingerprint density at radius 3 is 1.66 bits per heavy atom. The van der Waals surface area contributed by atoms with Crippen molar-refractivity contribution < 1.29 is 24.1 Å². The van der Waals surface area contributed by atoms with Crippen LogP contribution in [-0.4, -0.2) is 45.6 Å². The summed E-state index contributed by atoms with van der Waals surface area (Å²) >= 11 is 0. The van der Waals surface area contributed by atoms with Crippen LogP contribution >= 0.6 is 0 Å². The molecule has 2 radical (unpaired) electrons. The van der Waals surface area contributed by atoms with Crippen molar-refractivity contribution in [2.45, 2.75) is 30.9 Å². The average Bonchev–Trinajstić information content (AvgIpc) is 3.09. The van der Waals surface area contributed by atoms with E-state index in [2.05, 4.69) is 0 Å². The van der Waals surface area contributed by atoms with E-state index < -0.39 is 24.0 Å². The maximum atomic E-state index is 10.8. The maximum Gasteiger partial charge on any atom is 0.185 e. The average molecular weight is 430 g/mol. The quantitative estimate of drug-likeness (QED) is 0.456. The molecule has 5 nitrogen and oxygen atoms in total. The van der Waals surface area contributed by atoms with Gasteiger partial charge in [0.1, 0.15) is 31.1 Å². The summed E-state index contributed by atoms with van der Waals surface area (Å²) in [5, 5.41) is 10.8. The van der Waals surface area contributed by atoms with E-state index in [1.807, 2.05) is 85.8 Å². The number of methoxy groups -OCH3 is 2. The molecule has 1 fully saturated rings. The summed E-state index contributed by atoms with van der Waals surface area (Å²) < 4.78 is 23.3. The Bertz CT molecular complexity index is 959. The van der Waals surface area contributed by atoms with Gasteiger partial charge in [-0.2, -0.15) is 0 Å². The Labute approximate surface area is 190 Å². The zero-order valence-electron chi connectivity index (χ0n) is 18.5. The number of aliphatic hydroxyl groups excluding tert-OH is 1. The largest absolute Gasteiger partial charge is 0.497 e. The summed E-state index contributed by atoms with van der Waals surface area (Å²) in [5.74, 6) is 1.21. The Morgan fingerprint density at radius 1 is 0.781 bits per heavy atom. The molecule has 0 bridgehead atoms. The van der Waals surface area contributed by atoms with Crippen molar-refractivity contribution in [3.63, 3.8) is 0 Å². The lowest BCUT2D eigenvalue weighted by molar-refractivity contribution is -0.201. The molecule has 2 unspecified atom stereocenters. The van der Waals surface area contributed by atoms with Crippen LogP contribution in [0, 0.1) is 5.92 Å². The molecule has 0 spiro atoms. The van der Waals surface area contributed by atoms with Gasteiger partial charge in [0.15, 0.2) is 6.29 Å². The van der Waals surface area contributed by atoms with Crippen LogP contribution in [0.25, 0.3) is 0 Å². The highest BCUT2D eigenvalue weighted by atomic mass is 16.7. The Kier molecular flexibility index (Phi) is 6.56. The Hall–Kier alpha value is -2.80. The van der Waals surface area contributed by atoms with Crippen molar-refractivity contribution in [1.82, 2.24) is 0 Å². The maximum absolute atomic E-state index is 10.8. The van der Waals surface area contributed by atoms with Crippen LogP contribution in [0.2, 0.25) is 0 Å². The van der Waals surface area contributed by atoms with Crippen molar-refractivity contribution in [2.75, 3.05) is 14.2 Å². The van der Waals surface area contributed by atoms with E-state index in [1.165, 1.54) is 0 Å². The molecule has 4 rings (SSSR count). The molecule has 4 atom stereocenters. The van der Waals surface area contributed by atoms with E-state index in [-0.39, 0.29) is 5.92 Å². The van der Waals surface area contributed by atoms with E-state index in [0.29, 0.717) is 0 Å². The van der Waals surface area contributed by atoms with Crippen LogP contribution in [0.4, 0.5) is 0 Å².